The van der Waals surface area contributed by atoms with E-state index in [4.69, 9.17) is 0 Å². The summed E-state index contributed by atoms with van der Waals surface area (Å²) in [7, 11) is 1.84. The molecule has 0 radical (unpaired) electrons. The van der Waals surface area contributed by atoms with Gasteiger partial charge in [0.25, 0.3) is 0 Å². The number of hydrogen-bond donors (Lipinski definition) is 1. The minimum absolute atomic E-state index is 0.129. The smallest absolute Gasteiger partial charge is 0.236 e. The predicted molar refractivity (Wildman–Crippen MR) is 74.9 cm³/mol. The van der Waals surface area contributed by atoms with Gasteiger partial charge in [0.1, 0.15) is 0 Å². The van der Waals surface area contributed by atoms with E-state index in [1.54, 1.807) is 16.2 Å². The summed E-state index contributed by atoms with van der Waals surface area (Å²) in [5, 5.41) is 14.3. The van der Waals surface area contributed by atoms with Gasteiger partial charge in [-0.25, -0.2) is 0 Å². The molecule has 2 aliphatic rings. The first-order valence-corrected chi connectivity index (χ1v) is 7.71. The number of thiophene rings is 1. The van der Waals surface area contributed by atoms with Crippen molar-refractivity contribution in [2.24, 2.45) is 5.92 Å². The van der Waals surface area contributed by atoms with Gasteiger partial charge in [0, 0.05) is 26.7 Å². The molecule has 1 N–H and O–H groups in total. The van der Waals surface area contributed by atoms with Crippen LogP contribution in [0.1, 0.15) is 18.4 Å². The fourth-order valence-electron chi connectivity index (χ4n) is 2.78. The molecule has 1 aromatic heterocycles. The van der Waals surface area contributed by atoms with Crippen LogP contribution < -0.4 is 0 Å². The first-order valence-electron chi connectivity index (χ1n) is 6.76. The number of likely N-dealkylation sites (tertiary alicyclic amines) is 1. The molecular formula is C14H20N2O2S. The maximum atomic E-state index is 12.1. The molecule has 2 fully saturated rings. The Morgan fingerprint density at radius 1 is 1.58 bits per heavy atom. The third-order valence-electron chi connectivity index (χ3n) is 4.12. The van der Waals surface area contributed by atoms with Crippen LogP contribution in [0, 0.1) is 5.92 Å². The molecule has 0 atom stereocenters. The summed E-state index contributed by atoms with van der Waals surface area (Å²) in [5.74, 6) is 0.617. The molecule has 4 nitrogen and oxygen atoms in total. The SMILES string of the molecule is CN(Cc1ccsc1)C(=O)CN1CC(O)(C2CC2)C1. The van der Waals surface area contributed by atoms with Crippen LogP contribution in [0.2, 0.25) is 0 Å². The molecule has 2 heterocycles. The lowest BCUT2D eigenvalue weighted by molar-refractivity contribution is -0.144. The van der Waals surface area contributed by atoms with Gasteiger partial charge in [0.15, 0.2) is 0 Å². The van der Waals surface area contributed by atoms with Crippen molar-refractivity contribution < 1.29 is 9.90 Å². The number of amides is 1. The maximum Gasteiger partial charge on any atom is 0.236 e. The van der Waals surface area contributed by atoms with Crippen LogP contribution in [0.5, 0.6) is 0 Å². The zero-order valence-corrected chi connectivity index (χ0v) is 12.0. The molecule has 104 valence electrons. The highest BCUT2D eigenvalue weighted by molar-refractivity contribution is 7.07. The molecule has 5 heteroatoms. The minimum atomic E-state index is -0.494. The molecule has 3 rings (SSSR count). The van der Waals surface area contributed by atoms with Crippen LogP contribution >= 0.6 is 11.3 Å². The van der Waals surface area contributed by atoms with Gasteiger partial charge in [0.2, 0.25) is 5.91 Å². The van der Waals surface area contributed by atoms with Crippen LogP contribution in [-0.4, -0.2) is 53.1 Å². The highest BCUT2D eigenvalue weighted by atomic mass is 32.1. The van der Waals surface area contributed by atoms with Crippen molar-refractivity contribution in [2.75, 3.05) is 26.7 Å². The Bertz CT molecular complexity index is 450. The van der Waals surface area contributed by atoms with Gasteiger partial charge >= 0.3 is 0 Å². The van der Waals surface area contributed by atoms with Crippen LogP contribution in [0.25, 0.3) is 0 Å². The van der Waals surface area contributed by atoms with E-state index in [9.17, 15) is 9.90 Å². The standard InChI is InChI=1S/C14H20N2O2S/c1-15(6-11-4-5-19-8-11)13(17)7-16-9-14(18,10-16)12-2-3-12/h4-5,8,12,18H,2-3,6-7,9-10H2,1H3. The molecule has 1 aliphatic heterocycles. The molecule has 0 spiro atoms. The molecule has 0 bridgehead atoms. The fraction of sp³-hybridized carbons (Fsp3) is 0.643. The number of carbonyl (C=O) groups is 1. The molecular weight excluding hydrogens is 260 g/mol. The average molecular weight is 280 g/mol. The normalized spacial score (nSPS) is 22.0. The van der Waals surface area contributed by atoms with Crippen molar-refractivity contribution >= 4 is 17.2 Å². The summed E-state index contributed by atoms with van der Waals surface area (Å²) < 4.78 is 0. The van der Waals surface area contributed by atoms with Gasteiger partial charge in [0.05, 0.1) is 12.1 Å². The van der Waals surface area contributed by atoms with Crippen molar-refractivity contribution in [3.8, 4) is 0 Å². The van der Waals surface area contributed by atoms with E-state index >= 15 is 0 Å². The van der Waals surface area contributed by atoms with Crippen LogP contribution in [0.4, 0.5) is 0 Å². The van der Waals surface area contributed by atoms with Crippen LogP contribution in [-0.2, 0) is 11.3 Å². The first kappa shape index (κ1) is 13.1. The molecule has 1 saturated carbocycles. The van der Waals surface area contributed by atoms with Crippen molar-refractivity contribution in [1.82, 2.24) is 9.80 Å². The molecule has 0 aromatic carbocycles. The summed E-state index contributed by atoms with van der Waals surface area (Å²) >= 11 is 1.65. The Labute approximate surface area is 117 Å². The highest BCUT2D eigenvalue weighted by Gasteiger charge is 2.52. The highest BCUT2D eigenvalue weighted by Crippen LogP contribution is 2.44. The Balaban J connectivity index is 1.44. The van der Waals surface area contributed by atoms with Gasteiger partial charge in [-0.15, -0.1) is 0 Å². The predicted octanol–water partition coefficient (Wildman–Crippen LogP) is 1.16. The third kappa shape index (κ3) is 2.83. The number of rotatable bonds is 5. The van der Waals surface area contributed by atoms with E-state index in [-0.39, 0.29) is 5.91 Å². The zero-order valence-electron chi connectivity index (χ0n) is 11.2. The van der Waals surface area contributed by atoms with E-state index in [1.807, 2.05) is 23.4 Å². The van der Waals surface area contributed by atoms with E-state index in [1.165, 1.54) is 5.56 Å². The maximum absolute atomic E-state index is 12.1. The molecule has 1 aromatic rings. The van der Waals surface area contributed by atoms with Gasteiger partial charge < -0.3 is 10.0 Å². The Morgan fingerprint density at radius 3 is 2.89 bits per heavy atom. The van der Waals surface area contributed by atoms with Crippen molar-refractivity contribution in [2.45, 2.75) is 25.0 Å². The number of aliphatic hydroxyl groups is 1. The van der Waals surface area contributed by atoms with Gasteiger partial charge in [-0.2, -0.15) is 11.3 Å². The summed E-state index contributed by atoms with van der Waals surface area (Å²) in [5.41, 5.74) is 0.686. The molecule has 0 unspecified atom stereocenters. The van der Waals surface area contributed by atoms with Crippen molar-refractivity contribution in [3.63, 3.8) is 0 Å². The monoisotopic (exact) mass is 280 g/mol. The second kappa shape index (κ2) is 4.89. The molecule has 19 heavy (non-hydrogen) atoms. The lowest BCUT2D eigenvalue weighted by Crippen LogP contribution is -2.64. The van der Waals surface area contributed by atoms with Crippen molar-refractivity contribution in [3.05, 3.63) is 22.4 Å². The summed E-state index contributed by atoms with van der Waals surface area (Å²) in [6.07, 6.45) is 2.30. The van der Waals surface area contributed by atoms with E-state index in [0.717, 1.165) is 12.8 Å². The van der Waals surface area contributed by atoms with E-state index in [0.29, 0.717) is 32.1 Å². The average Bonchev–Trinajstić information content (AvgIpc) is 3.07. The Morgan fingerprint density at radius 2 is 2.32 bits per heavy atom. The number of carbonyl (C=O) groups excluding carboxylic acids is 1. The topological polar surface area (TPSA) is 43.8 Å². The van der Waals surface area contributed by atoms with E-state index < -0.39 is 5.60 Å². The van der Waals surface area contributed by atoms with Crippen molar-refractivity contribution in [1.29, 1.82) is 0 Å². The number of β-amino-alcohol motifs (C(OH)–C–C–N with tert-alkyl or cyclic N) is 1. The van der Waals surface area contributed by atoms with Crippen LogP contribution in [0.3, 0.4) is 0 Å². The van der Waals surface area contributed by atoms with E-state index in [2.05, 4.69) is 5.38 Å². The number of likely N-dealkylation sites (N-methyl/N-ethyl adjacent to an activating group) is 1. The molecule has 1 aliphatic carbocycles. The zero-order chi connectivity index (χ0) is 13.5. The van der Waals surface area contributed by atoms with Gasteiger partial charge in [-0.05, 0) is 41.1 Å². The lowest BCUT2D eigenvalue weighted by Gasteiger charge is -2.47. The second-order valence-electron chi connectivity index (χ2n) is 5.90. The number of hydrogen-bond acceptors (Lipinski definition) is 4. The Hall–Kier alpha value is -0.910. The minimum Gasteiger partial charge on any atom is -0.387 e. The molecule has 1 amide bonds. The number of nitrogens with zero attached hydrogens (tertiary/aromatic N) is 2. The third-order valence-corrected chi connectivity index (χ3v) is 4.85. The second-order valence-corrected chi connectivity index (χ2v) is 6.68. The van der Waals surface area contributed by atoms with Crippen LogP contribution in [0.15, 0.2) is 16.8 Å². The van der Waals surface area contributed by atoms with Gasteiger partial charge in [-0.3, -0.25) is 9.69 Å². The lowest BCUT2D eigenvalue weighted by atomic mass is 9.89. The first-order chi connectivity index (χ1) is 9.07. The van der Waals surface area contributed by atoms with Gasteiger partial charge in [-0.1, -0.05) is 0 Å². The Kier molecular flexibility index (Phi) is 3.37. The summed E-state index contributed by atoms with van der Waals surface area (Å²) in [6, 6.07) is 2.05. The quantitative estimate of drug-likeness (QED) is 0.880. The fourth-order valence-corrected chi connectivity index (χ4v) is 3.44. The largest absolute Gasteiger partial charge is 0.387 e. The molecule has 1 saturated heterocycles. The summed E-state index contributed by atoms with van der Waals surface area (Å²) in [4.78, 5) is 15.9. The summed E-state index contributed by atoms with van der Waals surface area (Å²) in [6.45, 7) is 2.42.